The van der Waals surface area contributed by atoms with Crippen LogP contribution < -0.4 is 5.56 Å². The maximum absolute atomic E-state index is 13.3. The van der Waals surface area contributed by atoms with Gasteiger partial charge in [0.25, 0.3) is 5.56 Å². The molecule has 0 amide bonds. The number of benzene rings is 1. The minimum absolute atomic E-state index is 0.0182. The van der Waals surface area contributed by atoms with Gasteiger partial charge in [-0.25, -0.2) is 13.2 Å². The maximum atomic E-state index is 13.3. The Kier molecular flexibility index (Phi) is 2.98. The zero-order valence-electron chi connectivity index (χ0n) is 9.62. The van der Waals surface area contributed by atoms with Gasteiger partial charge in [-0.1, -0.05) is 0 Å². The molecule has 0 aliphatic rings. The molecule has 2 heterocycles. The van der Waals surface area contributed by atoms with Crippen LogP contribution >= 0.6 is 23.6 Å². The highest BCUT2D eigenvalue weighted by atomic mass is 32.1. The van der Waals surface area contributed by atoms with E-state index in [9.17, 15) is 18.0 Å². The third-order valence-electron chi connectivity index (χ3n) is 2.75. The lowest BCUT2D eigenvalue weighted by Crippen LogP contribution is -2.20. The first-order chi connectivity index (χ1) is 9.49. The molecule has 3 rings (SSSR count). The van der Waals surface area contributed by atoms with Crippen LogP contribution in [0.1, 0.15) is 0 Å². The number of rotatable bonds is 1. The second kappa shape index (κ2) is 4.57. The highest BCUT2D eigenvalue weighted by Gasteiger charge is 2.14. The van der Waals surface area contributed by atoms with Crippen LogP contribution in [0.25, 0.3) is 15.9 Å². The van der Waals surface area contributed by atoms with Gasteiger partial charge in [0.05, 0.1) is 11.1 Å². The molecule has 0 bridgehead atoms. The van der Waals surface area contributed by atoms with Crippen molar-refractivity contribution in [3.8, 4) is 5.69 Å². The summed E-state index contributed by atoms with van der Waals surface area (Å²) in [5.41, 5.74) is -0.684. The Balaban J connectivity index is 2.40. The van der Waals surface area contributed by atoms with Gasteiger partial charge in [-0.2, -0.15) is 0 Å². The van der Waals surface area contributed by atoms with Crippen LogP contribution in [-0.4, -0.2) is 9.55 Å². The van der Waals surface area contributed by atoms with Crippen molar-refractivity contribution < 1.29 is 13.2 Å². The van der Waals surface area contributed by atoms with Gasteiger partial charge in [-0.15, -0.1) is 11.3 Å². The molecule has 0 aliphatic heterocycles. The summed E-state index contributed by atoms with van der Waals surface area (Å²) in [4.78, 5) is 15.6. The van der Waals surface area contributed by atoms with E-state index in [1.54, 1.807) is 11.4 Å². The van der Waals surface area contributed by atoms with E-state index in [1.165, 1.54) is 11.3 Å². The van der Waals surface area contributed by atoms with Gasteiger partial charge in [0.1, 0.15) is 4.83 Å². The van der Waals surface area contributed by atoms with E-state index in [1.807, 2.05) is 0 Å². The van der Waals surface area contributed by atoms with Crippen LogP contribution in [0.2, 0.25) is 0 Å². The number of hydrogen-bond donors (Lipinski definition) is 1. The molecule has 1 N–H and O–H groups in total. The molecule has 2 aromatic heterocycles. The number of thiophene rings is 1. The third kappa shape index (κ3) is 1.88. The Morgan fingerprint density at radius 2 is 1.85 bits per heavy atom. The monoisotopic (exact) mass is 314 g/mol. The van der Waals surface area contributed by atoms with E-state index in [-0.39, 0.29) is 10.5 Å². The van der Waals surface area contributed by atoms with Crippen LogP contribution in [0.15, 0.2) is 28.4 Å². The molecular formula is C12H5F3N2OS2. The average molecular weight is 314 g/mol. The molecule has 0 saturated carbocycles. The Morgan fingerprint density at radius 3 is 2.50 bits per heavy atom. The summed E-state index contributed by atoms with van der Waals surface area (Å²) in [6.45, 7) is 0. The summed E-state index contributed by atoms with van der Waals surface area (Å²) < 4.78 is 40.4. The van der Waals surface area contributed by atoms with E-state index in [2.05, 4.69) is 4.98 Å². The van der Waals surface area contributed by atoms with Crippen molar-refractivity contribution in [2.75, 3.05) is 0 Å². The van der Waals surface area contributed by atoms with Crippen molar-refractivity contribution in [2.45, 2.75) is 0 Å². The van der Waals surface area contributed by atoms with Crippen LogP contribution in [0, 0.1) is 22.2 Å². The van der Waals surface area contributed by atoms with Crippen molar-refractivity contribution >= 4 is 33.8 Å². The SMILES string of the molecule is O=c1c2ccsc2[nH]c(=S)n1-c1cc(F)c(F)c(F)c1. The molecule has 8 heteroatoms. The van der Waals surface area contributed by atoms with Gasteiger partial charge in [-0.3, -0.25) is 9.36 Å². The molecule has 0 atom stereocenters. The first-order valence-corrected chi connectivity index (χ1v) is 6.65. The fraction of sp³-hybridized carbons (Fsp3) is 0. The second-order valence-electron chi connectivity index (χ2n) is 3.96. The van der Waals surface area contributed by atoms with Gasteiger partial charge in [-0.05, 0) is 23.7 Å². The smallest absolute Gasteiger partial charge is 0.267 e. The second-order valence-corrected chi connectivity index (χ2v) is 5.26. The van der Waals surface area contributed by atoms with E-state index in [4.69, 9.17) is 12.2 Å². The molecule has 3 aromatic rings. The lowest BCUT2D eigenvalue weighted by atomic mass is 10.2. The fourth-order valence-electron chi connectivity index (χ4n) is 1.85. The van der Waals surface area contributed by atoms with Gasteiger partial charge in [0, 0.05) is 12.1 Å². The predicted molar refractivity (Wildman–Crippen MR) is 72.5 cm³/mol. The summed E-state index contributed by atoms with van der Waals surface area (Å²) in [6.07, 6.45) is 0. The Hall–Kier alpha value is -1.93. The summed E-state index contributed by atoms with van der Waals surface area (Å²) in [6, 6.07) is 3.02. The predicted octanol–water partition coefficient (Wildman–Crippen LogP) is 3.53. The number of H-pyrrole nitrogens is 1. The summed E-state index contributed by atoms with van der Waals surface area (Å²) >= 11 is 6.29. The number of nitrogens with one attached hydrogen (secondary N) is 1. The molecule has 0 radical (unpaired) electrons. The van der Waals surface area contributed by atoms with Crippen LogP contribution in [-0.2, 0) is 0 Å². The van der Waals surface area contributed by atoms with Crippen molar-refractivity contribution in [3.05, 3.63) is 56.2 Å². The summed E-state index contributed by atoms with van der Waals surface area (Å²) in [5.74, 6) is -4.35. The van der Waals surface area contributed by atoms with Gasteiger partial charge < -0.3 is 4.98 Å². The minimum atomic E-state index is -1.59. The first kappa shape index (κ1) is 13.1. The summed E-state index contributed by atoms with van der Waals surface area (Å²) in [5, 5.41) is 2.03. The zero-order chi connectivity index (χ0) is 14.4. The number of aromatic nitrogens is 2. The van der Waals surface area contributed by atoms with E-state index in [0.717, 1.165) is 16.7 Å². The molecule has 0 fully saturated rings. The maximum Gasteiger partial charge on any atom is 0.267 e. The Morgan fingerprint density at radius 1 is 1.20 bits per heavy atom. The third-order valence-corrected chi connectivity index (χ3v) is 3.86. The van der Waals surface area contributed by atoms with Gasteiger partial charge >= 0.3 is 0 Å². The van der Waals surface area contributed by atoms with Crippen molar-refractivity contribution in [2.24, 2.45) is 0 Å². The average Bonchev–Trinajstić information content (AvgIpc) is 2.84. The quantitative estimate of drug-likeness (QED) is 0.551. The van der Waals surface area contributed by atoms with E-state index >= 15 is 0 Å². The normalized spacial score (nSPS) is 11.2. The molecule has 0 unspecified atom stereocenters. The largest absolute Gasteiger partial charge is 0.323 e. The number of hydrogen-bond acceptors (Lipinski definition) is 3. The van der Waals surface area contributed by atoms with Crippen LogP contribution in [0.4, 0.5) is 13.2 Å². The number of halogens is 3. The molecule has 1 aromatic carbocycles. The van der Waals surface area contributed by atoms with E-state index in [0.29, 0.717) is 10.2 Å². The molecular weight excluding hydrogens is 309 g/mol. The fourth-order valence-corrected chi connectivity index (χ4v) is 2.98. The molecule has 3 nitrogen and oxygen atoms in total. The molecule has 102 valence electrons. The standard InChI is InChI=1S/C12H5F3N2OS2/c13-7-3-5(4-8(14)9(7)15)17-11(18)6-1-2-20-10(6)16-12(17)19/h1-4H,(H,16,19). The van der Waals surface area contributed by atoms with Gasteiger partial charge in [0.15, 0.2) is 22.2 Å². The first-order valence-electron chi connectivity index (χ1n) is 5.36. The Labute approximate surface area is 118 Å². The van der Waals surface area contributed by atoms with Crippen LogP contribution in [0.5, 0.6) is 0 Å². The zero-order valence-corrected chi connectivity index (χ0v) is 11.2. The highest BCUT2D eigenvalue weighted by molar-refractivity contribution is 7.71. The molecule has 0 aliphatic carbocycles. The lowest BCUT2D eigenvalue weighted by Gasteiger charge is -2.07. The number of fused-ring (bicyclic) bond motifs is 1. The van der Waals surface area contributed by atoms with Gasteiger partial charge in [0.2, 0.25) is 0 Å². The minimum Gasteiger partial charge on any atom is -0.323 e. The molecule has 0 spiro atoms. The number of aromatic amines is 1. The Bertz CT molecular complexity index is 919. The molecule has 0 saturated heterocycles. The summed E-state index contributed by atoms with van der Waals surface area (Å²) in [7, 11) is 0. The van der Waals surface area contributed by atoms with Crippen molar-refractivity contribution in [3.63, 3.8) is 0 Å². The lowest BCUT2D eigenvalue weighted by molar-refractivity contribution is 0.446. The topological polar surface area (TPSA) is 37.8 Å². The van der Waals surface area contributed by atoms with Crippen molar-refractivity contribution in [1.29, 1.82) is 0 Å². The van der Waals surface area contributed by atoms with Crippen LogP contribution in [0.3, 0.4) is 0 Å². The highest BCUT2D eigenvalue weighted by Crippen LogP contribution is 2.19. The van der Waals surface area contributed by atoms with E-state index < -0.39 is 23.0 Å². The van der Waals surface area contributed by atoms with Crippen molar-refractivity contribution in [1.82, 2.24) is 9.55 Å². The molecule has 20 heavy (non-hydrogen) atoms. The number of nitrogens with zero attached hydrogens (tertiary/aromatic N) is 1.